The number of carbonyl (C=O) groups excluding carboxylic acids is 1. The van der Waals surface area contributed by atoms with E-state index in [1.165, 1.54) is 17.3 Å². The number of hydrogen-bond acceptors (Lipinski definition) is 9. The minimum Gasteiger partial charge on any atom is -0.382 e. The van der Waals surface area contributed by atoms with Crippen LogP contribution in [-0.2, 0) is 10.9 Å². The first-order valence-electron chi connectivity index (χ1n) is 14.3. The van der Waals surface area contributed by atoms with Gasteiger partial charge in [0.2, 0.25) is 5.95 Å². The maximum Gasteiger partial charge on any atom is 0.419 e. The van der Waals surface area contributed by atoms with Gasteiger partial charge >= 0.3 is 6.18 Å². The first kappa shape index (κ1) is 32.6. The van der Waals surface area contributed by atoms with E-state index in [2.05, 4.69) is 32.2 Å². The third-order valence-electron chi connectivity index (χ3n) is 7.48. The van der Waals surface area contributed by atoms with Gasteiger partial charge in [-0.25, -0.2) is 23.7 Å². The molecule has 1 aromatic heterocycles. The number of piperazine rings is 1. The second-order valence-corrected chi connectivity index (χ2v) is 10.6. The molecule has 0 aliphatic carbocycles. The van der Waals surface area contributed by atoms with Crippen molar-refractivity contribution < 1.29 is 31.5 Å². The number of amidine groups is 1. The Morgan fingerprint density at radius 3 is 2.46 bits per heavy atom. The number of morpholine rings is 1. The van der Waals surface area contributed by atoms with E-state index in [-0.39, 0.29) is 34.2 Å². The van der Waals surface area contributed by atoms with Crippen molar-refractivity contribution >= 4 is 40.4 Å². The number of hydrogen-bond donors (Lipinski definition) is 3. The Morgan fingerprint density at radius 1 is 1.07 bits per heavy atom. The van der Waals surface area contributed by atoms with Crippen molar-refractivity contribution in [3.63, 3.8) is 0 Å². The van der Waals surface area contributed by atoms with Gasteiger partial charge in [0.25, 0.3) is 5.91 Å². The summed E-state index contributed by atoms with van der Waals surface area (Å²) in [5.74, 6) is -2.96. The number of amides is 1. The summed E-state index contributed by atoms with van der Waals surface area (Å²) in [5, 5.41) is 5.24. The van der Waals surface area contributed by atoms with E-state index in [1.54, 1.807) is 0 Å². The lowest BCUT2D eigenvalue weighted by molar-refractivity contribution is -0.139. The monoisotopic (exact) mass is 645 g/mol. The van der Waals surface area contributed by atoms with Crippen molar-refractivity contribution in [1.82, 2.24) is 14.9 Å². The number of nitrogens with one attached hydrogen (secondary N) is 2. The van der Waals surface area contributed by atoms with Crippen LogP contribution in [0.1, 0.15) is 21.6 Å². The van der Waals surface area contributed by atoms with Crippen LogP contribution in [0.15, 0.2) is 54.3 Å². The Morgan fingerprint density at radius 2 is 1.78 bits per heavy atom. The number of likely N-dealkylation sites (N-methyl/N-ethyl adjacent to an activating group) is 1. The number of alkyl halides is 3. The van der Waals surface area contributed by atoms with Crippen LogP contribution in [0, 0.1) is 11.6 Å². The van der Waals surface area contributed by atoms with Crippen LogP contribution in [0.5, 0.6) is 0 Å². The topological polar surface area (TPSA) is 124 Å². The number of rotatable bonds is 8. The normalized spacial score (nSPS) is 16.3. The Kier molecular flexibility index (Phi) is 9.67. The van der Waals surface area contributed by atoms with E-state index >= 15 is 4.39 Å². The first-order valence-corrected chi connectivity index (χ1v) is 14.3. The van der Waals surface area contributed by atoms with Gasteiger partial charge in [-0.05, 0) is 43.6 Å². The summed E-state index contributed by atoms with van der Waals surface area (Å²) in [6, 6.07) is 4.90. The number of carbonyl (C=O) groups is 1. The zero-order valence-electron chi connectivity index (χ0n) is 24.9. The Labute approximate surface area is 261 Å². The van der Waals surface area contributed by atoms with Gasteiger partial charge in [0.1, 0.15) is 17.2 Å². The average Bonchev–Trinajstić information content (AvgIpc) is 3.03. The van der Waals surface area contributed by atoms with Gasteiger partial charge in [0.15, 0.2) is 11.7 Å². The molecule has 46 heavy (non-hydrogen) atoms. The lowest BCUT2D eigenvalue weighted by atomic mass is 10.1. The number of ether oxygens (including phenoxy) is 1. The molecule has 16 heteroatoms. The van der Waals surface area contributed by atoms with Crippen LogP contribution < -0.4 is 26.2 Å². The van der Waals surface area contributed by atoms with Gasteiger partial charge in [0.05, 0.1) is 36.3 Å². The highest BCUT2D eigenvalue weighted by Gasteiger charge is 2.37. The molecule has 0 unspecified atom stereocenters. The lowest BCUT2D eigenvalue weighted by Gasteiger charge is -2.34. The van der Waals surface area contributed by atoms with Crippen molar-refractivity contribution in [3.05, 3.63) is 77.8 Å². The predicted octanol–water partition coefficient (Wildman–Crippen LogP) is 4.21. The van der Waals surface area contributed by atoms with Crippen LogP contribution >= 0.6 is 0 Å². The zero-order chi connectivity index (χ0) is 33.0. The molecule has 5 rings (SSSR count). The minimum atomic E-state index is -5.01. The van der Waals surface area contributed by atoms with Gasteiger partial charge in [0, 0.05) is 50.5 Å². The number of benzene rings is 2. The highest BCUT2D eigenvalue weighted by molar-refractivity contribution is 6.06. The number of halogens is 5. The Bertz CT molecular complexity index is 1640. The maximum atomic E-state index is 15.1. The molecule has 11 nitrogen and oxygen atoms in total. The molecule has 2 aromatic carbocycles. The molecule has 0 atom stereocenters. The smallest absolute Gasteiger partial charge is 0.382 e. The molecule has 3 heterocycles. The summed E-state index contributed by atoms with van der Waals surface area (Å²) in [6.45, 7) is 7.34. The standard InChI is InChI=1S/C30H32F5N9O2/c1-3-37-23-17-38-29(44-10-12-46-13-11-44)41-26(23)27(36)40-22-14-18(4-5-21(22)31)28(45)39-19-15-20(30(33,34)35)25(32)24(16-19)43-8-6-42(2)7-9-43/h3-5,14-17,37H,1,6-13H2,2H3,(H2,36,40)(H,39,45). The van der Waals surface area contributed by atoms with E-state index < -0.39 is 29.3 Å². The van der Waals surface area contributed by atoms with Crippen LogP contribution in [0.2, 0.25) is 0 Å². The van der Waals surface area contributed by atoms with Crippen LogP contribution in [-0.4, -0.2) is 86.1 Å². The van der Waals surface area contributed by atoms with Crippen molar-refractivity contribution in [2.24, 2.45) is 10.7 Å². The lowest BCUT2D eigenvalue weighted by Crippen LogP contribution is -2.45. The number of nitrogens with zero attached hydrogens (tertiary/aromatic N) is 6. The average molecular weight is 646 g/mol. The fourth-order valence-electron chi connectivity index (χ4n) is 4.99. The van der Waals surface area contributed by atoms with Gasteiger partial charge in [-0.3, -0.25) is 4.79 Å². The molecule has 0 bridgehead atoms. The van der Waals surface area contributed by atoms with Crippen molar-refractivity contribution in [2.45, 2.75) is 6.18 Å². The van der Waals surface area contributed by atoms with Crippen molar-refractivity contribution in [2.75, 3.05) is 80.0 Å². The highest BCUT2D eigenvalue weighted by atomic mass is 19.4. The molecular formula is C30H32F5N9O2. The molecule has 4 N–H and O–H groups in total. The Balaban J connectivity index is 1.44. The molecule has 1 amide bonds. The fourth-order valence-corrected chi connectivity index (χ4v) is 4.99. The van der Waals surface area contributed by atoms with Crippen LogP contribution in [0.4, 0.5) is 50.6 Å². The van der Waals surface area contributed by atoms with E-state index in [0.717, 1.165) is 24.3 Å². The maximum absolute atomic E-state index is 15.1. The van der Waals surface area contributed by atoms with Gasteiger partial charge < -0.3 is 35.8 Å². The minimum absolute atomic E-state index is 0.131. The summed E-state index contributed by atoms with van der Waals surface area (Å²) in [4.78, 5) is 31.6. The first-order chi connectivity index (χ1) is 21.9. The van der Waals surface area contributed by atoms with Crippen molar-refractivity contribution in [1.29, 1.82) is 0 Å². The van der Waals surface area contributed by atoms with E-state index in [1.807, 2.05) is 16.8 Å². The summed E-state index contributed by atoms with van der Waals surface area (Å²) >= 11 is 0. The summed E-state index contributed by atoms with van der Waals surface area (Å²) in [6.07, 6.45) is -2.15. The SMILES string of the molecule is C=CNc1cnc(N2CCOCC2)nc1C(N)=Nc1cc(C(=O)Nc2cc(N3CCN(C)CC3)c(F)c(C(F)(F)F)c2)ccc1F. The second kappa shape index (κ2) is 13.7. The van der Waals surface area contributed by atoms with Gasteiger partial charge in [-0.1, -0.05) is 6.58 Å². The molecule has 2 aliphatic heterocycles. The zero-order valence-corrected chi connectivity index (χ0v) is 24.9. The third-order valence-corrected chi connectivity index (χ3v) is 7.48. The predicted molar refractivity (Wildman–Crippen MR) is 165 cm³/mol. The van der Waals surface area contributed by atoms with E-state index in [0.29, 0.717) is 70.2 Å². The molecule has 0 saturated carbocycles. The molecule has 2 aliphatic rings. The second-order valence-electron chi connectivity index (χ2n) is 10.6. The molecule has 2 fully saturated rings. The van der Waals surface area contributed by atoms with Gasteiger partial charge in [-0.2, -0.15) is 13.2 Å². The van der Waals surface area contributed by atoms with Crippen molar-refractivity contribution in [3.8, 4) is 0 Å². The largest absolute Gasteiger partial charge is 0.419 e. The highest BCUT2D eigenvalue weighted by Crippen LogP contribution is 2.38. The summed E-state index contributed by atoms with van der Waals surface area (Å²) < 4.78 is 76.7. The Hall–Kier alpha value is -4.83. The molecule has 244 valence electrons. The molecular weight excluding hydrogens is 613 g/mol. The van der Waals surface area contributed by atoms with Gasteiger partial charge in [-0.15, -0.1) is 0 Å². The van der Waals surface area contributed by atoms with Crippen LogP contribution in [0.25, 0.3) is 0 Å². The van der Waals surface area contributed by atoms with Crippen LogP contribution in [0.3, 0.4) is 0 Å². The molecule has 0 spiro atoms. The number of aromatic nitrogens is 2. The molecule has 0 radical (unpaired) electrons. The fraction of sp³-hybridized carbons (Fsp3) is 0.333. The number of nitrogens with two attached hydrogens (primary N) is 1. The third kappa shape index (κ3) is 7.34. The molecule has 3 aromatic rings. The summed E-state index contributed by atoms with van der Waals surface area (Å²) in [7, 11) is 1.85. The quantitative estimate of drug-likeness (QED) is 0.188. The van der Waals surface area contributed by atoms with E-state index in [9.17, 15) is 22.4 Å². The van der Waals surface area contributed by atoms with E-state index in [4.69, 9.17) is 10.5 Å². The molecule has 2 saturated heterocycles. The summed E-state index contributed by atoms with van der Waals surface area (Å²) in [5.41, 5.74) is 4.23. The number of aliphatic imine (C=N–C) groups is 1. The number of anilines is 4.